The van der Waals surface area contributed by atoms with Crippen molar-refractivity contribution < 1.29 is 12.6 Å². The van der Waals surface area contributed by atoms with E-state index in [1.54, 1.807) is 0 Å². The maximum Gasteiger partial charge on any atom is 0.264 e. The first kappa shape index (κ1) is 12.2. The van der Waals surface area contributed by atoms with Gasteiger partial charge in [0.1, 0.15) is 0 Å². The smallest absolute Gasteiger partial charge is 0.264 e. The lowest BCUT2D eigenvalue weighted by molar-refractivity contribution is 0.207. The number of hydrogen-bond acceptors (Lipinski definition) is 3. The first-order chi connectivity index (χ1) is 7.01. The predicted molar refractivity (Wildman–Crippen MR) is 60.2 cm³/mol. The van der Waals surface area contributed by atoms with Crippen LogP contribution in [0.15, 0.2) is 30.3 Å². The van der Waals surface area contributed by atoms with Crippen LogP contribution in [-0.4, -0.2) is 20.8 Å². The van der Waals surface area contributed by atoms with Gasteiger partial charge in [-0.05, 0) is 12.0 Å². The number of benzene rings is 1. The Balaban J connectivity index is 2.63. The van der Waals surface area contributed by atoms with E-state index < -0.39 is 10.1 Å². The molecule has 0 N–H and O–H groups in total. The Hall–Kier alpha value is -0.870. The molecule has 0 amide bonds. The van der Waals surface area contributed by atoms with Crippen LogP contribution in [0.3, 0.4) is 0 Å². The van der Waals surface area contributed by atoms with Gasteiger partial charge in [-0.3, -0.25) is 4.18 Å². The molecule has 0 saturated heterocycles. The summed E-state index contributed by atoms with van der Waals surface area (Å²) in [4.78, 5) is 0. The molecule has 0 heterocycles. The molecule has 15 heavy (non-hydrogen) atoms. The molecule has 0 radical (unpaired) electrons. The zero-order chi connectivity index (χ0) is 11.3. The van der Waals surface area contributed by atoms with E-state index in [4.69, 9.17) is 4.18 Å². The van der Waals surface area contributed by atoms with Crippen LogP contribution in [0, 0.1) is 0 Å². The highest BCUT2D eigenvalue weighted by molar-refractivity contribution is 7.86. The maximum absolute atomic E-state index is 11.0. The van der Waals surface area contributed by atoms with Gasteiger partial charge in [0.05, 0.1) is 12.4 Å². The van der Waals surface area contributed by atoms with Crippen LogP contribution in [0.5, 0.6) is 0 Å². The predicted octanol–water partition coefficient (Wildman–Crippen LogP) is 1.98. The molecule has 0 aliphatic rings. The fraction of sp³-hybridized carbons (Fsp3) is 0.455. The van der Waals surface area contributed by atoms with E-state index in [2.05, 4.69) is 0 Å². The lowest BCUT2D eigenvalue weighted by Gasteiger charge is -2.13. The van der Waals surface area contributed by atoms with Crippen molar-refractivity contribution in [1.29, 1.82) is 0 Å². The zero-order valence-corrected chi connectivity index (χ0v) is 9.83. The zero-order valence-electron chi connectivity index (χ0n) is 9.01. The lowest BCUT2D eigenvalue weighted by Crippen LogP contribution is -2.19. The second kappa shape index (κ2) is 5.28. The monoisotopic (exact) mass is 228 g/mol. The molecule has 0 spiro atoms. The van der Waals surface area contributed by atoms with Crippen LogP contribution >= 0.6 is 0 Å². The van der Waals surface area contributed by atoms with Gasteiger partial charge in [0, 0.05) is 6.42 Å². The van der Waals surface area contributed by atoms with Crippen molar-refractivity contribution in [1.82, 2.24) is 0 Å². The number of hydrogen-bond donors (Lipinski definition) is 0. The Kier molecular flexibility index (Phi) is 4.29. The Morgan fingerprint density at radius 2 is 1.87 bits per heavy atom. The highest BCUT2D eigenvalue weighted by Gasteiger charge is 2.13. The number of rotatable bonds is 5. The standard InChI is InChI=1S/C11H16O3S/c1-3-11(14-15(2,12)13)9-10-7-5-4-6-8-10/h4-8,11H,3,9H2,1-2H3. The summed E-state index contributed by atoms with van der Waals surface area (Å²) >= 11 is 0. The van der Waals surface area contributed by atoms with Crippen molar-refractivity contribution in [2.45, 2.75) is 25.9 Å². The largest absolute Gasteiger partial charge is 0.267 e. The van der Waals surface area contributed by atoms with Crippen LogP contribution in [0.1, 0.15) is 18.9 Å². The van der Waals surface area contributed by atoms with E-state index >= 15 is 0 Å². The SMILES string of the molecule is CCC(Cc1ccccc1)OS(C)(=O)=O. The van der Waals surface area contributed by atoms with E-state index in [0.29, 0.717) is 12.8 Å². The molecule has 4 heteroatoms. The van der Waals surface area contributed by atoms with Crippen LogP contribution < -0.4 is 0 Å². The van der Waals surface area contributed by atoms with Crippen molar-refractivity contribution in [3.63, 3.8) is 0 Å². The van der Waals surface area contributed by atoms with Crippen molar-refractivity contribution in [3.05, 3.63) is 35.9 Å². The first-order valence-electron chi connectivity index (χ1n) is 4.93. The van der Waals surface area contributed by atoms with Crippen molar-refractivity contribution in [3.8, 4) is 0 Å². The molecular formula is C11H16O3S. The van der Waals surface area contributed by atoms with Crippen LogP contribution in [0.2, 0.25) is 0 Å². The third-order valence-electron chi connectivity index (χ3n) is 2.07. The summed E-state index contributed by atoms with van der Waals surface area (Å²) in [5, 5.41) is 0. The minimum atomic E-state index is -3.36. The average Bonchev–Trinajstić information content (AvgIpc) is 2.16. The fourth-order valence-electron chi connectivity index (χ4n) is 1.37. The summed E-state index contributed by atoms with van der Waals surface area (Å²) in [6.07, 6.45) is 2.13. The van der Waals surface area contributed by atoms with Gasteiger partial charge in [-0.2, -0.15) is 8.42 Å². The molecular weight excluding hydrogens is 212 g/mol. The molecule has 0 aliphatic heterocycles. The summed E-state index contributed by atoms with van der Waals surface area (Å²) in [6, 6.07) is 9.73. The molecule has 1 aromatic rings. The fourth-order valence-corrected chi connectivity index (χ4v) is 2.07. The van der Waals surface area contributed by atoms with Gasteiger partial charge in [0.25, 0.3) is 10.1 Å². The second-order valence-electron chi connectivity index (χ2n) is 3.52. The minimum Gasteiger partial charge on any atom is -0.267 e. The van der Waals surface area contributed by atoms with Gasteiger partial charge < -0.3 is 0 Å². The Morgan fingerprint density at radius 3 is 2.33 bits per heavy atom. The van der Waals surface area contributed by atoms with E-state index in [1.807, 2.05) is 37.3 Å². The molecule has 0 fully saturated rings. The Labute approximate surface area is 91.2 Å². The molecule has 0 aromatic heterocycles. The topological polar surface area (TPSA) is 43.4 Å². The lowest BCUT2D eigenvalue weighted by atomic mass is 10.1. The summed E-state index contributed by atoms with van der Waals surface area (Å²) in [7, 11) is -3.36. The van der Waals surface area contributed by atoms with Crippen molar-refractivity contribution in [2.24, 2.45) is 0 Å². The van der Waals surface area contributed by atoms with E-state index in [-0.39, 0.29) is 6.10 Å². The minimum absolute atomic E-state index is 0.262. The third-order valence-corrected chi connectivity index (χ3v) is 2.69. The molecule has 3 nitrogen and oxygen atoms in total. The highest BCUT2D eigenvalue weighted by atomic mass is 32.2. The van der Waals surface area contributed by atoms with Crippen molar-refractivity contribution in [2.75, 3.05) is 6.26 Å². The molecule has 0 saturated carbocycles. The summed E-state index contributed by atoms with van der Waals surface area (Å²) in [6.45, 7) is 1.92. The van der Waals surface area contributed by atoms with Crippen LogP contribution in [0.4, 0.5) is 0 Å². The van der Waals surface area contributed by atoms with Gasteiger partial charge in [-0.1, -0.05) is 37.3 Å². The normalized spacial score (nSPS) is 13.7. The highest BCUT2D eigenvalue weighted by Crippen LogP contribution is 2.10. The molecule has 1 rings (SSSR count). The quantitative estimate of drug-likeness (QED) is 0.724. The van der Waals surface area contributed by atoms with Crippen molar-refractivity contribution >= 4 is 10.1 Å². The molecule has 1 unspecified atom stereocenters. The van der Waals surface area contributed by atoms with Gasteiger partial charge in [-0.15, -0.1) is 0 Å². The Morgan fingerprint density at radius 1 is 1.27 bits per heavy atom. The maximum atomic E-state index is 11.0. The molecule has 1 aromatic carbocycles. The Bertz CT molecular complexity index is 384. The molecule has 1 atom stereocenters. The van der Waals surface area contributed by atoms with E-state index in [1.165, 1.54) is 0 Å². The molecule has 0 aliphatic carbocycles. The summed E-state index contributed by atoms with van der Waals surface area (Å²) in [5.41, 5.74) is 1.09. The third kappa shape index (κ3) is 4.95. The summed E-state index contributed by atoms with van der Waals surface area (Å²) in [5.74, 6) is 0. The molecule has 0 bridgehead atoms. The van der Waals surface area contributed by atoms with E-state index in [0.717, 1.165) is 11.8 Å². The summed E-state index contributed by atoms with van der Waals surface area (Å²) < 4.78 is 26.9. The van der Waals surface area contributed by atoms with Gasteiger partial charge in [0.15, 0.2) is 0 Å². The van der Waals surface area contributed by atoms with Gasteiger partial charge in [-0.25, -0.2) is 0 Å². The average molecular weight is 228 g/mol. The first-order valence-corrected chi connectivity index (χ1v) is 6.75. The molecule has 84 valence electrons. The van der Waals surface area contributed by atoms with Gasteiger partial charge in [0.2, 0.25) is 0 Å². The van der Waals surface area contributed by atoms with Gasteiger partial charge >= 0.3 is 0 Å². The van der Waals surface area contributed by atoms with Crippen LogP contribution in [0.25, 0.3) is 0 Å². The van der Waals surface area contributed by atoms with Crippen LogP contribution in [-0.2, 0) is 20.7 Å². The van der Waals surface area contributed by atoms with E-state index in [9.17, 15) is 8.42 Å². The second-order valence-corrected chi connectivity index (χ2v) is 5.12.